The van der Waals surface area contributed by atoms with Gasteiger partial charge in [0.25, 0.3) is 5.56 Å². The average Bonchev–Trinajstić information content (AvgIpc) is 3.42. The Kier molecular flexibility index (Phi) is 4.18. The summed E-state index contributed by atoms with van der Waals surface area (Å²) in [5, 5.41) is 2.09. The van der Waals surface area contributed by atoms with Crippen molar-refractivity contribution in [3.05, 3.63) is 119 Å². The number of allylic oxidation sites excluding steroid dienone is 1. The molecule has 4 aromatic rings. The van der Waals surface area contributed by atoms with Crippen LogP contribution in [0.2, 0.25) is 0 Å². The van der Waals surface area contributed by atoms with Gasteiger partial charge in [-0.1, -0.05) is 72.0 Å². The van der Waals surface area contributed by atoms with Crippen LogP contribution in [0.4, 0.5) is 0 Å². The van der Waals surface area contributed by atoms with Gasteiger partial charge in [-0.15, -0.1) is 11.3 Å². The Morgan fingerprint density at radius 2 is 1.80 bits per heavy atom. The summed E-state index contributed by atoms with van der Waals surface area (Å²) in [6, 6.07) is 22.7. The molecule has 0 amide bonds. The predicted molar refractivity (Wildman–Crippen MR) is 124 cm³/mol. The number of aromatic nitrogens is 1. The minimum Gasteiger partial charge on any atom is -0.271 e. The molecular weight excluding hydrogens is 408 g/mol. The van der Waals surface area contributed by atoms with E-state index in [1.54, 1.807) is 11.3 Å². The van der Waals surface area contributed by atoms with Crippen molar-refractivity contribution in [2.24, 2.45) is 4.99 Å². The van der Waals surface area contributed by atoms with Crippen LogP contribution in [0.3, 0.4) is 0 Å². The fourth-order valence-corrected chi connectivity index (χ4v) is 6.27. The number of nitrogens with zero attached hydrogens (tertiary/aromatic N) is 2. The number of aryl methyl sites for hydroxylation is 1. The van der Waals surface area contributed by atoms with E-state index < -0.39 is 0 Å². The monoisotopic (exact) mass is 426 g/mol. The van der Waals surface area contributed by atoms with Gasteiger partial charge in [-0.25, -0.2) is 4.99 Å². The van der Waals surface area contributed by atoms with Crippen molar-refractivity contribution in [1.82, 2.24) is 4.57 Å². The third-order valence-electron chi connectivity index (χ3n) is 5.78. The van der Waals surface area contributed by atoms with E-state index in [2.05, 4.69) is 41.8 Å². The van der Waals surface area contributed by atoms with Crippen LogP contribution < -0.4 is 14.9 Å². The van der Waals surface area contributed by atoms with Crippen LogP contribution >= 0.6 is 22.7 Å². The number of rotatable bonds is 2. The van der Waals surface area contributed by atoms with Gasteiger partial charge in [-0.05, 0) is 47.1 Å². The van der Waals surface area contributed by atoms with Crippen LogP contribution in [-0.4, -0.2) is 4.57 Å². The van der Waals surface area contributed by atoms with Crippen molar-refractivity contribution in [2.45, 2.75) is 18.9 Å². The lowest BCUT2D eigenvalue weighted by Crippen LogP contribution is -2.38. The standard InChI is InChI=1S/C25H18N2OS2/c28-24-21(15-16-7-2-1-3-8-16)30-25-26-22-18-10-5-4-9-17(18)12-13-19(22)23(27(24)25)20-11-6-14-29-20/h1-11,14-15,23H,12-13H2/b21-15+/t23-/m0/s1. The van der Waals surface area contributed by atoms with Crippen molar-refractivity contribution in [3.8, 4) is 0 Å². The Hall–Kier alpha value is -3.02. The van der Waals surface area contributed by atoms with Crippen molar-refractivity contribution in [3.63, 3.8) is 0 Å². The molecule has 5 heteroatoms. The maximum absolute atomic E-state index is 13.5. The molecule has 0 radical (unpaired) electrons. The molecule has 0 bridgehead atoms. The molecule has 146 valence electrons. The average molecular weight is 427 g/mol. The maximum atomic E-state index is 13.5. The van der Waals surface area contributed by atoms with Crippen molar-refractivity contribution in [1.29, 1.82) is 0 Å². The zero-order chi connectivity index (χ0) is 20.1. The summed E-state index contributed by atoms with van der Waals surface area (Å²) >= 11 is 3.20. The minimum absolute atomic E-state index is 0.0476. The van der Waals surface area contributed by atoms with E-state index in [-0.39, 0.29) is 11.6 Å². The molecule has 1 aliphatic heterocycles. The highest BCUT2D eigenvalue weighted by Gasteiger charge is 2.32. The highest BCUT2D eigenvalue weighted by Crippen LogP contribution is 2.42. The van der Waals surface area contributed by atoms with Gasteiger partial charge in [-0.2, -0.15) is 0 Å². The fourth-order valence-electron chi connectivity index (χ4n) is 4.42. The highest BCUT2D eigenvalue weighted by molar-refractivity contribution is 7.10. The molecule has 30 heavy (non-hydrogen) atoms. The first-order chi connectivity index (χ1) is 14.8. The van der Waals surface area contributed by atoms with Gasteiger partial charge in [0.05, 0.1) is 16.3 Å². The van der Waals surface area contributed by atoms with Gasteiger partial charge < -0.3 is 0 Å². The number of hydrogen-bond donors (Lipinski definition) is 0. The van der Waals surface area contributed by atoms with E-state index in [0.29, 0.717) is 0 Å². The Morgan fingerprint density at radius 1 is 0.967 bits per heavy atom. The number of thiazole rings is 1. The molecule has 3 heterocycles. The molecule has 2 aliphatic rings. The zero-order valence-electron chi connectivity index (χ0n) is 16.1. The van der Waals surface area contributed by atoms with Gasteiger partial charge in [-0.3, -0.25) is 9.36 Å². The van der Waals surface area contributed by atoms with Gasteiger partial charge in [0.2, 0.25) is 0 Å². The topological polar surface area (TPSA) is 34.4 Å². The van der Waals surface area contributed by atoms with Crippen LogP contribution in [-0.2, 0) is 6.42 Å². The second-order valence-corrected chi connectivity index (χ2v) is 9.53. The molecular formula is C25H18N2OS2. The molecule has 1 atom stereocenters. The van der Waals surface area contributed by atoms with Gasteiger partial charge >= 0.3 is 0 Å². The first-order valence-electron chi connectivity index (χ1n) is 10.0. The molecule has 2 aromatic carbocycles. The Bertz CT molecular complexity index is 1460. The second-order valence-electron chi connectivity index (χ2n) is 7.54. The Labute approximate surface area is 181 Å². The number of benzene rings is 2. The molecule has 0 unspecified atom stereocenters. The third kappa shape index (κ3) is 2.77. The Morgan fingerprint density at radius 3 is 2.63 bits per heavy atom. The predicted octanol–water partition coefficient (Wildman–Crippen LogP) is 4.38. The van der Waals surface area contributed by atoms with Crippen LogP contribution in [0.25, 0.3) is 11.8 Å². The van der Waals surface area contributed by atoms with Gasteiger partial charge in [0.15, 0.2) is 4.80 Å². The van der Waals surface area contributed by atoms with Crippen LogP contribution in [0.1, 0.15) is 34.0 Å². The summed E-state index contributed by atoms with van der Waals surface area (Å²) in [7, 11) is 0. The van der Waals surface area contributed by atoms with Gasteiger partial charge in [0.1, 0.15) is 0 Å². The van der Waals surface area contributed by atoms with Crippen molar-refractivity contribution in [2.75, 3.05) is 0 Å². The molecule has 0 N–H and O–H groups in total. The SMILES string of the molecule is O=c1/c(=C\c2ccccc2)sc2n1[C@H](c1cccs1)C1=C(N=2)c2ccccc2CC1. The maximum Gasteiger partial charge on any atom is 0.271 e. The van der Waals surface area contributed by atoms with E-state index >= 15 is 0 Å². The first-order valence-corrected chi connectivity index (χ1v) is 11.7. The Balaban J connectivity index is 1.64. The van der Waals surface area contributed by atoms with E-state index in [4.69, 9.17) is 4.99 Å². The number of hydrogen-bond acceptors (Lipinski definition) is 4. The molecule has 0 spiro atoms. The van der Waals surface area contributed by atoms with E-state index in [1.807, 2.05) is 41.0 Å². The normalized spacial score (nSPS) is 17.9. The second kappa shape index (κ2) is 7.04. The third-order valence-corrected chi connectivity index (χ3v) is 7.69. The minimum atomic E-state index is -0.0671. The molecule has 2 aromatic heterocycles. The summed E-state index contributed by atoms with van der Waals surface area (Å²) in [5.41, 5.74) is 5.95. The van der Waals surface area contributed by atoms with E-state index in [1.165, 1.54) is 32.9 Å². The number of thiophene rings is 1. The molecule has 0 fully saturated rings. The summed E-state index contributed by atoms with van der Waals surface area (Å²) in [4.78, 5) is 20.5. The largest absolute Gasteiger partial charge is 0.271 e. The van der Waals surface area contributed by atoms with Crippen molar-refractivity contribution >= 4 is 34.4 Å². The molecule has 0 saturated carbocycles. The summed E-state index contributed by atoms with van der Waals surface area (Å²) in [5.74, 6) is 0. The van der Waals surface area contributed by atoms with E-state index in [0.717, 1.165) is 33.4 Å². The zero-order valence-corrected chi connectivity index (χ0v) is 17.7. The lowest BCUT2D eigenvalue weighted by Gasteiger charge is -2.30. The number of fused-ring (bicyclic) bond motifs is 3. The summed E-state index contributed by atoms with van der Waals surface area (Å²) in [6.45, 7) is 0. The quantitative estimate of drug-likeness (QED) is 0.468. The molecule has 3 nitrogen and oxygen atoms in total. The molecule has 6 rings (SSSR count). The molecule has 1 aliphatic carbocycles. The molecule has 0 saturated heterocycles. The first kappa shape index (κ1) is 17.8. The summed E-state index contributed by atoms with van der Waals surface area (Å²) in [6.07, 6.45) is 3.90. The smallest absolute Gasteiger partial charge is 0.271 e. The summed E-state index contributed by atoms with van der Waals surface area (Å²) < 4.78 is 2.65. The van der Waals surface area contributed by atoms with Crippen LogP contribution in [0, 0.1) is 0 Å². The lowest BCUT2D eigenvalue weighted by atomic mass is 9.85. The highest BCUT2D eigenvalue weighted by atomic mass is 32.1. The van der Waals surface area contributed by atoms with Crippen LogP contribution in [0.5, 0.6) is 0 Å². The van der Waals surface area contributed by atoms with Crippen molar-refractivity contribution < 1.29 is 0 Å². The van der Waals surface area contributed by atoms with Gasteiger partial charge in [0, 0.05) is 10.4 Å². The van der Waals surface area contributed by atoms with Crippen LogP contribution in [0.15, 0.2) is 87.5 Å². The fraction of sp³-hybridized carbons (Fsp3) is 0.120. The van der Waals surface area contributed by atoms with E-state index in [9.17, 15) is 4.79 Å². The lowest BCUT2D eigenvalue weighted by molar-refractivity contribution is 0.593.